The van der Waals surface area contributed by atoms with Crippen LogP contribution in [0.3, 0.4) is 0 Å². The summed E-state index contributed by atoms with van der Waals surface area (Å²) in [5, 5.41) is 14.5. The van der Waals surface area contributed by atoms with Gasteiger partial charge in [-0.3, -0.25) is 4.79 Å². The molecule has 0 radical (unpaired) electrons. The van der Waals surface area contributed by atoms with Gasteiger partial charge in [0.25, 0.3) is 5.91 Å². The highest BCUT2D eigenvalue weighted by molar-refractivity contribution is 7.17. The Morgan fingerprint density at radius 1 is 1.30 bits per heavy atom. The predicted molar refractivity (Wildman–Crippen MR) is 90.5 cm³/mol. The number of carbonyl (C=O) groups excluding carboxylic acids is 1. The van der Waals surface area contributed by atoms with E-state index in [9.17, 15) is 9.90 Å². The summed E-state index contributed by atoms with van der Waals surface area (Å²) in [6.07, 6.45) is 1.62. The number of ether oxygens (including phenoxy) is 1. The number of hydrogen-bond donors (Lipinski definition) is 2. The second kappa shape index (κ2) is 7.26. The Balaban J connectivity index is 1.58. The van der Waals surface area contributed by atoms with Gasteiger partial charge in [0, 0.05) is 23.5 Å². The van der Waals surface area contributed by atoms with Crippen molar-refractivity contribution < 1.29 is 14.6 Å². The second-order valence-electron chi connectivity index (χ2n) is 5.02. The lowest BCUT2D eigenvalue weighted by Crippen LogP contribution is -2.35. The van der Waals surface area contributed by atoms with Crippen molar-refractivity contribution in [3.8, 4) is 5.75 Å². The van der Waals surface area contributed by atoms with Gasteiger partial charge in [0.2, 0.25) is 0 Å². The molecule has 0 bridgehead atoms. The van der Waals surface area contributed by atoms with E-state index in [4.69, 9.17) is 4.74 Å². The Bertz CT molecular complexity index is 708. The third kappa shape index (κ3) is 4.08. The monoisotopic (exact) mass is 331 g/mol. The van der Waals surface area contributed by atoms with Gasteiger partial charge >= 0.3 is 0 Å². The average molecular weight is 331 g/mol. The van der Waals surface area contributed by atoms with E-state index in [1.165, 1.54) is 17.1 Å². The summed E-state index contributed by atoms with van der Waals surface area (Å²) in [7, 11) is 0. The number of phenolic OH excluding ortho intramolecular Hbond substituents is 1. The first-order valence-electron chi connectivity index (χ1n) is 7.27. The zero-order chi connectivity index (χ0) is 16.1. The van der Waals surface area contributed by atoms with Crippen LogP contribution < -0.4 is 10.3 Å². The normalized spacial score (nSPS) is 15.0. The largest absolute Gasteiger partial charge is 0.508 e. The number of nitrogens with zero attached hydrogens (tertiary/aromatic N) is 2. The number of benzene rings is 1. The fourth-order valence-electron chi connectivity index (χ4n) is 2.23. The number of carbonyl (C=O) groups is 1. The highest BCUT2D eigenvalue weighted by Gasteiger charge is 2.12. The summed E-state index contributed by atoms with van der Waals surface area (Å²) < 4.78 is 5.34. The first-order valence-corrected chi connectivity index (χ1v) is 8.09. The summed E-state index contributed by atoms with van der Waals surface area (Å²) in [5.41, 5.74) is 2.82. The number of hydrogen-bond acceptors (Lipinski definition) is 6. The number of aromatic hydroxyl groups is 1. The van der Waals surface area contributed by atoms with E-state index in [-0.39, 0.29) is 11.7 Å². The molecule has 0 spiro atoms. The molecule has 0 saturated carbocycles. The van der Waals surface area contributed by atoms with Crippen molar-refractivity contribution in [3.05, 3.63) is 46.8 Å². The van der Waals surface area contributed by atoms with E-state index in [1.54, 1.807) is 29.7 Å². The molecule has 1 amide bonds. The lowest BCUT2D eigenvalue weighted by Gasteiger charge is -2.27. The summed E-state index contributed by atoms with van der Waals surface area (Å²) in [5.74, 6) is -0.308. The van der Waals surface area contributed by atoms with Crippen LogP contribution in [0.4, 0.5) is 5.00 Å². The van der Waals surface area contributed by atoms with Crippen molar-refractivity contribution in [3.63, 3.8) is 0 Å². The molecule has 1 aromatic carbocycles. The second-order valence-corrected chi connectivity index (χ2v) is 6.12. The van der Waals surface area contributed by atoms with Gasteiger partial charge < -0.3 is 14.7 Å². The van der Waals surface area contributed by atoms with Crippen LogP contribution in [0.5, 0.6) is 5.75 Å². The molecular formula is C16H17N3O3S. The maximum atomic E-state index is 11.9. The van der Waals surface area contributed by atoms with E-state index in [0.29, 0.717) is 5.56 Å². The smallest absolute Gasteiger partial charge is 0.271 e. The lowest BCUT2D eigenvalue weighted by atomic mass is 10.2. The van der Waals surface area contributed by atoms with Gasteiger partial charge in [-0.25, -0.2) is 5.43 Å². The standard InChI is InChI=1S/C16H17N3O3S/c20-13-3-1-2-12(10-13)16(21)18-17-11-14-4-5-15(23-14)19-6-8-22-9-7-19/h1-5,10-11,20H,6-9H2,(H,18,21)/b17-11+. The molecule has 0 atom stereocenters. The number of thiophene rings is 1. The average Bonchev–Trinajstić information content (AvgIpc) is 3.04. The van der Waals surface area contributed by atoms with E-state index in [2.05, 4.69) is 15.4 Å². The Hall–Kier alpha value is -2.38. The Morgan fingerprint density at radius 3 is 2.91 bits per heavy atom. The van der Waals surface area contributed by atoms with Gasteiger partial charge in [-0.05, 0) is 30.3 Å². The topological polar surface area (TPSA) is 74.2 Å². The van der Waals surface area contributed by atoms with Crippen molar-refractivity contribution in [2.24, 2.45) is 5.10 Å². The van der Waals surface area contributed by atoms with Crippen LogP contribution in [-0.2, 0) is 4.74 Å². The fourth-order valence-corrected chi connectivity index (χ4v) is 3.16. The van der Waals surface area contributed by atoms with E-state index < -0.39 is 0 Å². The quantitative estimate of drug-likeness (QED) is 0.664. The fraction of sp³-hybridized carbons (Fsp3) is 0.250. The van der Waals surface area contributed by atoms with Crippen molar-refractivity contribution in [1.29, 1.82) is 0 Å². The number of amides is 1. The van der Waals surface area contributed by atoms with Crippen molar-refractivity contribution in [2.45, 2.75) is 0 Å². The molecule has 2 N–H and O–H groups in total. The maximum Gasteiger partial charge on any atom is 0.271 e. The zero-order valence-electron chi connectivity index (χ0n) is 12.4. The molecule has 2 heterocycles. The van der Waals surface area contributed by atoms with E-state index in [0.717, 1.165) is 31.2 Å². The van der Waals surface area contributed by atoms with E-state index >= 15 is 0 Å². The minimum atomic E-state index is -0.359. The SMILES string of the molecule is O=C(N/N=C/c1ccc(N2CCOCC2)s1)c1cccc(O)c1. The Labute approximate surface area is 138 Å². The third-order valence-electron chi connectivity index (χ3n) is 3.40. The van der Waals surface area contributed by atoms with Crippen LogP contribution in [0.25, 0.3) is 0 Å². The summed E-state index contributed by atoms with van der Waals surface area (Å²) in [6, 6.07) is 10.2. The van der Waals surface area contributed by atoms with Gasteiger partial charge in [-0.2, -0.15) is 5.10 Å². The summed E-state index contributed by atoms with van der Waals surface area (Å²) in [4.78, 5) is 15.1. The molecule has 0 unspecified atom stereocenters. The van der Waals surface area contributed by atoms with Crippen LogP contribution in [0.15, 0.2) is 41.5 Å². The number of nitrogens with one attached hydrogen (secondary N) is 1. The molecule has 1 fully saturated rings. The van der Waals surface area contributed by atoms with E-state index in [1.807, 2.05) is 12.1 Å². The van der Waals surface area contributed by atoms with Crippen LogP contribution in [0, 0.1) is 0 Å². The maximum absolute atomic E-state index is 11.9. The summed E-state index contributed by atoms with van der Waals surface area (Å²) >= 11 is 1.62. The van der Waals surface area contributed by atoms with Gasteiger partial charge in [0.15, 0.2) is 0 Å². The van der Waals surface area contributed by atoms with Crippen LogP contribution in [0.2, 0.25) is 0 Å². The lowest BCUT2D eigenvalue weighted by molar-refractivity contribution is 0.0954. The molecule has 1 aliphatic rings. The molecular weight excluding hydrogens is 314 g/mol. The minimum absolute atomic E-state index is 0.0510. The highest BCUT2D eigenvalue weighted by atomic mass is 32.1. The first-order chi connectivity index (χ1) is 11.2. The number of morpholine rings is 1. The number of rotatable bonds is 4. The molecule has 23 heavy (non-hydrogen) atoms. The van der Waals surface area contributed by atoms with Crippen molar-refractivity contribution >= 4 is 28.5 Å². The van der Waals surface area contributed by atoms with Crippen LogP contribution in [-0.4, -0.2) is 43.5 Å². The number of hydrazone groups is 1. The van der Waals surface area contributed by atoms with Crippen molar-refractivity contribution in [1.82, 2.24) is 5.43 Å². The zero-order valence-corrected chi connectivity index (χ0v) is 13.3. The molecule has 1 saturated heterocycles. The minimum Gasteiger partial charge on any atom is -0.508 e. The number of anilines is 1. The van der Waals surface area contributed by atoms with Crippen molar-refractivity contribution in [2.75, 3.05) is 31.2 Å². The Kier molecular flexibility index (Phi) is 4.89. The molecule has 1 aromatic heterocycles. The summed E-state index contributed by atoms with van der Waals surface area (Å²) in [6.45, 7) is 3.29. The van der Waals surface area contributed by atoms with Crippen LogP contribution >= 0.6 is 11.3 Å². The molecule has 3 rings (SSSR count). The first kappa shape index (κ1) is 15.5. The Morgan fingerprint density at radius 2 is 2.13 bits per heavy atom. The molecule has 0 aliphatic carbocycles. The third-order valence-corrected chi connectivity index (χ3v) is 4.48. The molecule has 6 nitrogen and oxygen atoms in total. The van der Waals surface area contributed by atoms with Gasteiger partial charge in [-0.1, -0.05) is 6.07 Å². The predicted octanol–water partition coefficient (Wildman–Crippen LogP) is 2.05. The van der Waals surface area contributed by atoms with Gasteiger partial charge in [0.1, 0.15) is 5.75 Å². The molecule has 120 valence electrons. The highest BCUT2D eigenvalue weighted by Crippen LogP contribution is 2.25. The van der Waals surface area contributed by atoms with Gasteiger partial charge in [-0.15, -0.1) is 11.3 Å². The molecule has 2 aromatic rings. The molecule has 7 heteroatoms. The van der Waals surface area contributed by atoms with Gasteiger partial charge in [0.05, 0.1) is 24.4 Å². The molecule has 1 aliphatic heterocycles. The number of phenols is 1. The van der Waals surface area contributed by atoms with Crippen LogP contribution in [0.1, 0.15) is 15.2 Å².